The van der Waals surface area contributed by atoms with Crippen molar-refractivity contribution in [1.29, 1.82) is 0 Å². The summed E-state index contributed by atoms with van der Waals surface area (Å²) < 4.78 is 0. The fourth-order valence-corrected chi connectivity index (χ4v) is 5.98. The van der Waals surface area contributed by atoms with Gasteiger partial charge in [-0.15, -0.1) is 0 Å². The van der Waals surface area contributed by atoms with Crippen LogP contribution in [0.1, 0.15) is 77.2 Å². The summed E-state index contributed by atoms with van der Waals surface area (Å²) in [5.41, 5.74) is 2.92. The highest BCUT2D eigenvalue weighted by atomic mass is 15.5. The van der Waals surface area contributed by atoms with Crippen LogP contribution in [0.15, 0.2) is 24.3 Å². The van der Waals surface area contributed by atoms with Gasteiger partial charge >= 0.3 is 0 Å². The Morgan fingerprint density at radius 3 is 2.12 bits per heavy atom. The van der Waals surface area contributed by atoms with E-state index in [4.69, 9.17) is 0 Å². The maximum Gasteiger partial charge on any atom is 0.0858 e. The molecule has 0 bridgehead atoms. The van der Waals surface area contributed by atoms with Crippen LogP contribution in [0, 0.1) is 12.8 Å². The number of rotatable bonds is 3. The molecule has 1 saturated heterocycles. The van der Waals surface area contributed by atoms with E-state index in [0.29, 0.717) is 18.2 Å². The van der Waals surface area contributed by atoms with Crippen LogP contribution >= 0.6 is 0 Å². The lowest BCUT2D eigenvalue weighted by molar-refractivity contribution is 0.0762. The summed E-state index contributed by atoms with van der Waals surface area (Å²) in [5.74, 6) is 0.855. The van der Waals surface area contributed by atoms with Gasteiger partial charge in [-0.05, 0) is 64.0 Å². The third-order valence-electron chi connectivity index (χ3n) is 7.41. The molecule has 4 rings (SSSR count). The average Bonchev–Trinajstić information content (AvgIpc) is 3.24. The Kier molecular flexibility index (Phi) is 5.08. The van der Waals surface area contributed by atoms with Gasteiger partial charge in [0.05, 0.1) is 6.17 Å². The van der Waals surface area contributed by atoms with E-state index in [0.717, 1.165) is 12.0 Å². The first kappa shape index (κ1) is 17.4. The van der Waals surface area contributed by atoms with E-state index < -0.39 is 0 Å². The molecule has 138 valence electrons. The molecule has 2 unspecified atom stereocenters. The van der Waals surface area contributed by atoms with Gasteiger partial charge in [0.2, 0.25) is 0 Å². The van der Waals surface area contributed by atoms with E-state index in [2.05, 4.69) is 54.8 Å². The fraction of sp³-hybridized carbons (Fsp3) is 0.739. The zero-order chi connectivity index (χ0) is 17.4. The van der Waals surface area contributed by atoms with Crippen molar-refractivity contribution < 1.29 is 0 Å². The monoisotopic (exact) mass is 340 g/mol. The lowest BCUT2D eigenvalue weighted by Gasteiger charge is -2.42. The summed E-state index contributed by atoms with van der Waals surface area (Å²) in [6.45, 7) is 7.27. The molecule has 0 amide bonds. The zero-order valence-electron chi connectivity index (χ0n) is 16.5. The van der Waals surface area contributed by atoms with Gasteiger partial charge in [-0.2, -0.15) is 0 Å². The highest BCUT2D eigenvalue weighted by Crippen LogP contribution is 2.44. The normalized spacial score (nSPS) is 32.6. The van der Waals surface area contributed by atoms with Crippen LogP contribution < -0.4 is 4.90 Å². The average molecular weight is 341 g/mol. The van der Waals surface area contributed by atoms with Crippen LogP contribution in [0.3, 0.4) is 0 Å². The summed E-state index contributed by atoms with van der Waals surface area (Å²) in [6, 6.07) is 11.2. The Balaban J connectivity index is 1.72. The number of aryl methyl sites for hydroxylation is 1. The van der Waals surface area contributed by atoms with Crippen LogP contribution in [0.5, 0.6) is 0 Å². The molecule has 3 atom stereocenters. The molecule has 0 aromatic heterocycles. The molecule has 0 spiro atoms. The van der Waals surface area contributed by atoms with E-state index >= 15 is 0 Å². The molecule has 0 radical (unpaired) electrons. The molecule has 1 heterocycles. The summed E-state index contributed by atoms with van der Waals surface area (Å²) in [5, 5.41) is 0. The molecular formula is C23H36N2. The van der Waals surface area contributed by atoms with Gasteiger partial charge in [-0.25, -0.2) is 0 Å². The molecular weight excluding hydrogens is 304 g/mol. The van der Waals surface area contributed by atoms with Gasteiger partial charge in [0.25, 0.3) is 0 Å². The Morgan fingerprint density at radius 2 is 1.44 bits per heavy atom. The molecule has 2 saturated carbocycles. The maximum atomic E-state index is 2.98. The first-order chi connectivity index (χ1) is 12.2. The van der Waals surface area contributed by atoms with Crippen molar-refractivity contribution in [2.45, 2.75) is 103 Å². The quantitative estimate of drug-likeness (QED) is 0.692. The van der Waals surface area contributed by atoms with Crippen molar-refractivity contribution in [2.24, 2.45) is 5.92 Å². The van der Waals surface area contributed by atoms with E-state index in [-0.39, 0.29) is 0 Å². The molecule has 2 heteroatoms. The van der Waals surface area contributed by atoms with Crippen LogP contribution in [-0.4, -0.2) is 29.2 Å². The predicted molar refractivity (Wildman–Crippen MR) is 107 cm³/mol. The van der Waals surface area contributed by atoms with Gasteiger partial charge in [0, 0.05) is 23.8 Å². The minimum absolute atomic E-state index is 0.605. The van der Waals surface area contributed by atoms with Gasteiger partial charge in [-0.3, -0.25) is 4.90 Å². The first-order valence-electron chi connectivity index (χ1n) is 10.8. The molecule has 0 N–H and O–H groups in total. The number of hydrogen-bond acceptors (Lipinski definition) is 2. The third-order valence-corrected chi connectivity index (χ3v) is 7.41. The second-order valence-corrected chi connectivity index (χ2v) is 8.87. The maximum absolute atomic E-state index is 2.98. The van der Waals surface area contributed by atoms with Crippen molar-refractivity contribution in [2.75, 3.05) is 4.90 Å². The van der Waals surface area contributed by atoms with Crippen molar-refractivity contribution in [3.63, 3.8) is 0 Å². The van der Waals surface area contributed by atoms with Crippen LogP contribution in [-0.2, 0) is 0 Å². The lowest BCUT2D eigenvalue weighted by Crippen LogP contribution is -2.50. The summed E-state index contributed by atoms with van der Waals surface area (Å²) in [4.78, 5) is 5.80. The van der Waals surface area contributed by atoms with Crippen molar-refractivity contribution in [3.05, 3.63) is 29.8 Å². The lowest BCUT2D eigenvalue weighted by atomic mass is 9.91. The number of hydrogen-bond donors (Lipinski definition) is 0. The van der Waals surface area contributed by atoms with Crippen LogP contribution in [0.4, 0.5) is 5.69 Å². The van der Waals surface area contributed by atoms with Gasteiger partial charge in [0.15, 0.2) is 0 Å². The second kappa shape index (κ2) is 7.31. The third kappa shape index (κ3) is 3.12. The van der Waals surface area contributed by atoms with Crippen molar-refractivity contribution >= 4 is 5.69 Å². The Morgan fingerprint density at radius 1 is 0.800 bits per heavy atom. The molecule has 1 aliphatic heterocycles. The summed E-state index contributed by atoms with van der Waals surface area (Å²) >= 11 is 0. The van der Waals surface area contributed by atoms with Gasteiger partial charge in [0.1, 0.15) is 0 Å². The topological polar surface area (TPSA) is 6.48 Å². The zero-order valence-corrected chi connectivity index (χ0v) is 16.5. The van der Waals surface area contributed by atoms with Gasteiger partial charge in [-0.1, -0.05) is 50.3 Å². The Hall–Kier alpha value is -1.02. The number of benzene rings is 1. The Bertz CT molecular complexity index is 571. The molecule has 1 aromatic carbocycles. The van der Waals surface area contributed by atoms with E-state index in [1.54, 1.807) is 0 Å². The first-order valence-corrected chi connectivity index (χ1v) is 10.8. The Labute approximate surface area is 154 Å². The van der Waals surface area contributed by atoms with E-state index in [9.17, 15) is 0 Å². The molecule has 3 aliphatic rings. The number of nitrogens with zero attached hydrogens (tertiary/aromatic N) is 2. The van der Waals surface area contributed by atoms with E-state index in [1.807, 2.05) is 0 Å². The molecule has 2 nitrogen and oxygen atoms in total. The molecule has 2 aliphatic carbocycles. The smallest absolute Gasteiger partial charge is 0.0858 e. The molecule has 1 aromatic rings. The standard InChI is InChI=1S/C23H36N2/c1-17-11-7-10-16-22(17)25-19(3)18(2)24(21-14-5-4-6-15-21)23(25)20-12-8-9-13-20/h7,10-11,16,18-21,23H,4-6,8-9,12-15H2,1-3H3/t18?,19-,23?/m0/s1. The summed E-state index contributed by atoms with van der Waals surface area (Å²) in [7, 11) is 0. The minimum atomic E-state index is 0.605. The van der Waals surface area contributed by atoms with Crippen molar-refractivity contribution in [3.8, 4) is 0 Å². The molecule has 3 fully saturated rings. The van der Waals surface area contributed by atoms with Gasteiger partial charge < -0.3 is 4.90 Å². The highest BCUT2D eigenvalue weighted by Gasteiger charge is 2.49. The highest BCUT2D eigenvalue weighted by molar-refractivity contribution is 5.56. The van der Waals surface area contributed by atoms with E-state index in [1.165, 1.54) is 69.0 Å². The summed E-state index contributed by atoms with van der Waals surface area (Å²) in [6.07, 6.45) is 13.5. The fourth-order valence-electron chi connectivity index (χ4n) is 5.98. The SMILES string of the molecule is Cc1ccccc1N1C(C2CCCC2)N(C2CCCCC2)C(C)[C@@H]1C. The molecule has 25 heavy (non-hydrogen) atoms. The minimum Gasteiger partial charge on any atom is -0.351 e. The predicted octanol–water partition coefficient (Wildman–Crippen LogP) is 5.74. The number of para-hydroxylation sites is 1. The number of anilines is 1. The van der Waals surface area contributed by atoms with Crippen molar-refractivity contribution in [1.82, 2.24) is 4.90 Å². The second-order valence-electron chi connectivity index (χ2n) is 8.87. The van der Waals surface area contributed by atoms with Crippen LogP contribution in [0.2, 0.25) is 0 Å². The van der Waals surface area contributed by atoms with Crippen LogP contribution in [0.25, 0.3) is 0 Å². The largest absolute Gasteiger partial charge is 0.351 e.